The van der Waals surface area contributed by atoms with Gasteiger partial charge in [0.25, 0.3) is 5.91 Å². The number of rotatable bonds is 5. The molecule has 0 radical (unpaired) electrons. The number of amides is 1. The third-order valence-electron chi connectivity index (χ3n) is 3.95. The first kappa shape index (κ1) is 19.0. The topological polar surface area (TPSA) is 68.8 Å². The minimum absolute atomic E-state index is 0.118. The van der Waals surface area contributed by atoms with Crippen LogP contribution in [0.3, 0.4) is 0 Å². The molecule has 27 heavy (non-hydrogen) atoms. The fourth-order valence-corrected chi connectivity index (χ4v) is 2.91. The number of hydrogen-bond donors (Lipinski definition) is 2. The molecule has 0 bridgehead atoms. The van der Waals surface area contributed by atoms with Gasteiger partial charge in [-0.15, -0.1) is 0 Å². The van der Waals surface area contributed by atoms with Crippen LogP contribution in [-0.2, 0) is 4.79 Å². The van der Waals surface area contributed by atoms with Gasteiger partial charge in [-0.05, 0) is 41.9 Å². The van der Waals surface area contributed by atoms with Crippen LogP contribution in [0.15, 0.2) is 42.5 Å². The average Bonchev–Trinajstić information content (AvgIpc) is 2.66. The van der Waals surface area contributed by atoms with Crippen molar-refractivity contribution in [3.63, 3.8) is 0 Å². The van der Waals surface area contributed by atoms with E-state index in [2.05, 4.69) is 24.5 Å². The highest BCUT2D eigenvalue weighted by Crippen LogP contribution is 2.32. The van der Waals surface area contributed by atoms with Crippen LogP contribution in [0.25, 0.3) is 0 Å². The second kappa shape index (κ2) is 8.73. The van der Waals surface area contributed by atoms with E-state index in [9.17, 15) is 4.79 Å². The molecule has 7 heteroatoms. The van der Waals surface area contributed by atoms with Gasteiger partial charge >= 0.3 is 0 Å². The number of thiocarbonyl (C=S) groups is 1. The molecule has 1 aliphatic rings. The third-order valence-corrected chi connectivity index (χ3v) is 4.16. The van der Waals surface area contributed by atoms with E-state index < -0.39 is 0 Å². The first-order valence-electron chi connectivity index (χ1n) is 8.75. The van der Waals surface area contributed by atoms with Crippen molar-refractivity contribution in [3.05, 3.63) is 48.0 Å². The van der Waals surface area contributed by atoms with Crippen LogP contribution >= 0.6 is 12.2 Å². The van der Waals surface area contributed by atoms with Crippen LogP contribution in [0.5, 0.6) is 17.2 Å². The molecule has 0 aromatic heterocycles. The van der Waals surface area contributed by atoms with Gasteiger partial charge in [0.2, 0.25) is 0 Å². The van der Waals surface area contributed by atoms with Crippen LogP contribution in [-0.4, -0.2) is 30.8 Å². The Bertz CT molecular complexity index is 838. The number of ether oxygens (including phenoxy) is 3. The molecule has 0 aliphatic carbocycles. The predicted octanol–water partition coefficient (Wildman–Crippen LogP) is 3.47. The van der Waals surface area contributed by atoms with E-state index in [0.29, 0.717) is 42.1 Å². The van der Waals surface area contributed by atoms with Crippen molar-refractivity contribution < 1.29 is 19.0 Å². The summed E-state index contributed by atoms with van der Waals surface area (Å²) in [5.74, 6) is 2.02. The highest BCUT2D eigenvalue weighted by atomic mass is 32.1. The molecule has 0 unspecified atom stereocenters. The smallest absolute Gasteiger partial charge is 0.264 e. The monoisotopic (exact) mass is 386 g/mol. The highest BCUT2D eigenvalue weighted by Gasteiger charge is 2.13. The number of para-hydroxylation sites is 1. The van der Waals surface area contributed by atoms with E-state index in [4.69, 9.17) is 26.4 Å². The zero-order valence-electron chi connectivity index (χ0n) is 15.3. The second-order valence-electron chi connectivity index (χ2n) is 6.34. The Morgan fingerprint density at radius 2 is 1.89 bits per heavy atom. The Hall–Kier alpha value is -2.80. The Morgan fingerprint density at radius 3 is 2.67 bits per heavy atom. The molecule has 1 heterocycles. The molecule has 6 nitrogen and oxygen atoms in total. The van der Waals surface area contributed by atoms with E-state index >= 15 is 0 Å². The van der Waals surface area contributed by atoms with Gasteiger partial charge in [-0.1, -0.05) is 32.0 Å². The number of hydrogen-bond acceptors (Lipinski definition) is 5. The van der Waals surface area contributed by atoms with Crippen LogP contribution in [0.1, 0.15) is 25.3 Å². The van der Waals surface area contributed by atoms with Gasteiger partial charge in [-0.3, -0.25) is 10.1 Å². The van der Waals surface area contributed by atoms with E-state index in [1.165, 1.54) is 0 Å². The quantitative estimate of drug-likeness (QED) is 0.767. The number of nitrogens with one attached hydrogen (secondary N) is 2. The van der Waals surface area contributed by atoms with Crippen LogP contribution in [0.4, 0.5) is 5.69 Å². The molecule has 0 fully saturated rings. The number of benzene rings is 2. The van der Waals surface area contributed by atoms with E-state index in [0.717, 1.165) is 5.56 Å². The van der Waals surface area contributed by atoms with Crippen molar-refractivity contribution in [1.29, 1.82) is 0 Å². The molecule has 2 aromatic rings. The number of fused-ring (bicyclic) bond motifs is 1. The van der Waals surface area contributed by atoms with Gasteiger partial charge in [0.15, 0.2) is 23.2 Å². The summed E-state index contributed by atoms with van der Waals surface area (Å²) in [6.07, 6.45) is 0. The molecule has 1 aliphatic heterocycles. The first-order valence-corrected chi connectivity index (χ1v) is 9.16. The Labute approximate surface area is 163 Å². The zero-order valence-corrected chi connectivity index (χ0v) is 16.1. The van der Waals surface area contributed by atoms with Crippen molar-refractivity contribution >= 4 is 28.9 Å². The van der Waals surface area contributed by atoms with Crippen molar-refractivity contribution in [2.45, 2.75) is 19.8 Å². The summed E-state index contributed by atoms with van der Waals surface area (Å²) in [4.78, 5) is 12.1. The Balaban J connectivity index is 1.52. The lowest BCUT2D eigenvalue weighted by molar-refractivity contribution is -0.121. The summed E-state index contributed by atoms with van der Waals surface area (Å²) in [5.41, 5.74) is 1.76. The summed E-state index contributed by atoms with van der Waals surface area (Å²) in [6.45, 7) is 5.08. The van der Waals surface area contributed by atoms with Gasteiger partial charge in [-0.2, -0.15) is 0 Å². The molecular formula is C20H22N2O4S. The molecule has 3 rings (SSSR count). The maximum Gasteiger partial charge on any atom is 0.264 e. The van der Waals surface area contributed by atoms with Crippen molar-refractivity contribution in [2.75, 3.05) is 25.1 Å². The zero-order chi connectivity index (χ0) is 19.2. The normalized spacial score (nSPS) is 12.4. The van der Waals surface area contributed by atoms with E-state index in [1.54, 1.807) is 18.2 Å². The predicted molar refractivity (Wildman–Crippen MR) is 108 cm³/mol. The minimum atomic E-state index is -0.330. The Kier molecular flexibility index (Phi) is 6.13. The molecule has 142 valence electrons. The molecule has 0 atom stereocenters. The summed E-state index contributed by atoms with van der Waals surface area (Å²) in [7, 11) is 0. The second-order valence-corrected chi connectivity index (χ2v) is 6.75. The van der Waals surface area contributed by atoms with E-state index in [1.807, 2.05) is 24.3 Å². The number of carbonyl (C=O) groups is 1. The summed E-state index contributed by atoms with van der Waals surface area (Å²) < 4.78 is 16.7. The van der Waals surface area contributed by atoms with Crippen LogP contribution in [0, 0.1) is 0 Å². The minimum Gasteiger partial charge on any atom is -0.486 e. The standard InChI is InChI=1S/C20H22N2O4S/c1-13(2)15-5-3-4-6-16(15)26-12-19(23)22-20(27)21-14-7-8-17-18(11-14)25-10-9-24-17/h3-8,11,13H,9-10,12H2,1-2H3,(H2,21,22,23,27). The molecule has 1 amide bonds. The molecular weight excluding hydrogens is 364 g/mol. The molecule has 0 saturated carbocycles. The van der Waals surface area contributed by atoms with E-state index in [-0.39, 0.29) is 17.6 Å². The maximum absolute atomic E-state index is 12.1. The maximum atomic E-state index is 12.1. The molecule has 2 N–H and O–H groups in total. The third kappa shape index (κ3) is 5.10. The van der Waals surface area contributed by atoms with Crippen molar-refractivity contribution in [3.8, 4) is 17.2 Å². The van der Waals surface area contributed by atoms with Crippen molar-refractivity contribution in [2.24, 2.45) is 0 Å². The summed E-state index contributed by atoms with van der Waals surface area (Å²) in [6, 6.07) is 13.1. The number of anilines is 1. The molecule has 0 spiro atoms. The molecule has 0 saturated heterocycles. The first-order chi connectivity index (χ1) is 13.0. The number of carbonyl (C=O) groups excluding carboxylic acids is 1. The van der Waals surface area contributed by atoms with Crippen LogP contribution in [0.2, 0.25) is 0 Å². The average molecular weight is 386 g/mol. The van der Waals surface area contributed by atoms with Crippen molar-refractivity contribution in [1.82, 2.24) is 5.32 Å². The lowest BCUT2D eigenvalue weighted by atomic mass is 10.0. The largest absolute Gasteiger partial charge is 0.486 e. The van der Waals surface area contributed by atoms with Crippen LogP contribution < -0.4 is 24.8 Å². The fraction of sp³-hybridized carbons (Fsp3) is 0.300. The van der Waals surface area contributed by atoms with Gasteiger partial charge in [0.1, 0.15) is 19.0 Å². The summed E-state index contributed by atoms with van der Waals surface area (Å²) >= 11 is 5.19. The van der Waals surface area contributed by atoms with Gasteiger partial charge in [-0.25, -0.2) is 0 Å². The lowest BCUT2D eigenvalue weighted by Crippen LogP contribution is -2.37. The Morgan fingerprint density at radius 1 is 1.15 bits per heavy atom. The SMILES string of the molecule is CC(C)c1ccccc1OCC(=O)NC(=S)Nc1ccc2c(c1)OCCO2. The fourth-order valence-electron chi connectivity index (χ4n) is 2.68. The summed E-state index contributed by atoms with van der Waals surface area (Å²) in [5, 5.41) is 5.76. The van der Waals surface area contributed by atoms with Gasteiger partial charge in [0.05, 0.1) is 0 Å². The van der Waals surface area contributed by atoms with Gasteiger partial charge in [0, 0.05) is 11.8 Å². The highest BCUT2D eigenvalue weighted by molar-refractivity contribution is 7.80. The van der Waals surface area contributed by atoms with Gasteiger partial charge < -0.3 is 19.5 Å². The molecule has 2 aromatic carbocycles. The lowest BCUT2D eigenvalue weighted by Gasteiger charge is -2.19.